The lowest BCUT2D eigenvalue weighted by Gasteiger charge is -2.32. The van der Waals surface area contributed by atoms with Gasteiger partial charge in [0.1, 0.15) is 0 Å². The fourth-order valence-electron chi connectivity index (χ4n) is 2.38. The molecule has 122 valence electrons. The number of ether oxygens (including phenoxy) is 2. The van der Waals surface area contributed by atoms with Crippen molar-refractivity contribution in [1.29, 1.82) is 0 Å². The van der Waals surface area contributed by atoms with Gasteiger partial charge in [0.2, 0.25) is 15.9 Å². The van der Waals surface area contributed by atoms with E-state index in [0.717, 1.165) is 0 Å². The summed E-state index contributed by atoms with van der Waals surface area (Å²) in [5, 5.41) is 9.04. The van der Waals surface area contributed by atoms with Gasteiger partial charge in [0, 0.05) is 32.6 Å². The van der Waals surface area contributed by atoms with Gasteiger partial charge >= 0.3 is 0 Å². The number of hydrogen-bond donors (Lipinski definition) is 1. The van der Waals surface area contributed by atoms with Gasteiger partial charge in [-0.1, -0.05) is 0 Å². The van der Waals surface area contributed by atoms with E-state index in [2.05, 4.69) is 0 Å². The number of aliphatic hydroxyl groups excluding tert-OH is 1. The van der Waals surface area contributed by atoms with Gasteiger partial charge in [-0.15, -0.1) is 0 Å². The molecule has 1 N–H and O–H groups in total. The number of morpholine rings is 2. The summed E-state index contributed by atoms with van der Waals surface area (Å²) in [6, 6.07) is 0. The van der Waals surface area contributed by atoms with Crippen LogP contribution in [0, 0.1) is 0 Å². The van der Waals surface area contributed by atoms with E-state index in [4.69, 9.17) is 14.6 Å². The van der Waals surface area contributed by atoms with Crippen molar-refractivity contribution >= 4 is 15.9 Å². The van der Waals surface area contributed by atoms with Gasteiger partial charge in [0.25, 0.3) is 0 Å². The van der Waals surface area contributed by atoms with E-state index in [-0.39, 0.29) is 30.8 Å². The van der Waals surface area contributed by atoms with E-state index >= 15 is 0 Å². The standard InChI is InChI=1S/C12H22N2O6S/c15-10-11-9-13(2-7-20-11)12(16)1-8-21(17,18)14-3-5-19-6-4-14/h11,15H,1-10H2. The minimum atomic E-state index is -3.41. The van der Waals surface area contributed by atoms with Crippen molar-refractivity contribution in [3.05, 3.63) is 0 Å². The van der Waals surface area contributed by atoms with E-state index < -0.39 is 10.0 Å². The molecule has 0 aliphatic carbocycles. The van der Waals surface area contributed by atoms with Crippen LogP contribution in [0.3, 0.4) is 0 Å². The van der Waals surface area contributed by atoms with Gasteiger partial charge in [0.05, 0.1) is 38.3 Å². The van der Waals surface area contributed by atoms with Gasteiger partial charge in [-0.3, -0.25) is 4.79 Å². The lowest BCUT2D eigenvalue weighted by molar-refractivity contribution is -0.139. The Balaban J connectivity index is 1.82. The number of amides is 1. The highest BCUT2D eigenvalue weighted by Crippen LogP contribution is 2.10. The second-order valence-electron chi connectivity index (χ2n) is 5.09. The predicted octanol–water partition coefficient (Wildman–Crippen LogP) is -1.74. The van der Waals surface area contributed by atoms with Crippen LogP contribution in [0.1, 0.15) is 6.42 Å². The summed E-state index contributed by atoms with van der Waals surface area (Å²) in [6.45, 7) is 2.47. The number of carbonyl (C=O) groups is 1. The molecule has 2 rings (SSSR count). The molecule has 1 amide bonds. The highest BCUT2D eigenvalue weighted by molar-refractivity contribution is 7.89. The molecule has 0 aromatic rings. The molecular formula is C12H22N2O6S. The Morgan fingerprint density at radius 3 is 2.57 bits per heavy atom. The molecule has 2 aliphatic rings. The molecule has 9 heteroatoms. The molecule has 0 aromatic heterocycles. The maximum atomic E-state index is 12.1. The van der Waals surface area contributed by atoms with Crippen LogP contribution in [0.15, 0.2) is 0 Å². The van der Waals surface area contributed by atoms with Crippen molar-refractivity contribution in [3.8, 4) is 0 Å². The number of nitrogens with zero attached hydrogens (tertiary/aromatic N) is 2. The van der Waals surface area contributed by atoms with Crippen molar-refractivity contribution in [1.82, 2.24) is 9.21 Å². The Bertz CT molecular complexity index is 449. The first-order valence-electron chi connectivity index (χ1n) is 7.09. The van der Waals surface area contributed by atoms with E-state index in [1.54, 1.807) is 4.90 Å². The summed E-state index contributed by atoms with van der Waals surface area (Å²) < 4.78 is 36.0. The Morgan fingerprint density at radius 1 is 1.19 bits per heavy atom. The second-order valence-corrected chi connectivity index (χ2v) is 7.18. The van der Waals surface area contributed by atoms with Crippen LogP contribution in [-0.2, 0) is 24.3 Å². The summed E-state index contributed by atoms with van der Waals surface area (Å²) in [5.74, 6) is -0.402. The molecule has 2 saturated heterocycles. The second kappa shape index (κ2) is 7.50. The highest BCUT2D eigenvalue weighted by Gasteiger charge is 2.28. The normalized spacial score (nSPS) is 25.0. The van der Waals surface area contributed by atoms with Crippen LogP contribution in [0.4, 0.5) is 0 Å². The maximum absolute atomic E-state index is 12.1. The van der Waals surface area contributed by atoms with Crippen LogP contribution >= 0.6 is 0 Å². The Morgan fingerprint density at radius 2 is 1.90 bits per heavy atom. The van der Waals surface area contributed by atoms with Crippen LogP contribution in [0.2, 0.25) is 0 Å². The Kier molecular flexibility index (Phi) is 5.94. The first-order valence-corrected chi connectivity index (χ1v) is 8.69. The topological polar surface area (TPSA) is 96.4 Å². The Hall–Kier alpha value is -0.740. The molecule has 1 atom stereocenters. The fraction of sp³-hybridized carbons (Fsp3) is 0.917. The van der Waals surface area contributed by atoms with Gasteiger partial charge in [-0.05, 0) is 0 Å². The first kappa shape index (κ1) is 16.6. The van der Waals surface area contributed by atoms with Crippen molar-refractivity contribution in [2.45, 2.75) is 12.5 Å². The van der Waals surface area contributed by atoms with Gasteiger partial charge in [-0.25, -0.2) is 8.42 Å². The van der Waals surface area contributed by atoms with Gasteiger partial charge in [-0.2, -0.15) is 4.31 Å². The van der Waals surface area contributed by atoms with Crippen LogP contribution in [0.25, 0.3) is 0 Å². The first-order chi connectivity index (χ1) is 10.0. The third kappa shape index (κ3) is 4.62. The van der Waals surface area contributed by atoms with Crippen molar-refractivity contribution in [2.24, 2.45) is 0 Å². The van der Waals surface area contributed by atoms with Gasteiger partial charge in [0.15, 0.2) is 0 Å². The summed E-state index contributed by atoms with van der Waals surface area (Å²) in [4.78, 5) is 13.6. The largest absolute Gasteiger partial charge is 0.394 e. The fourth-order valence-corrected chi connectivity index (χ4v) is 3.78. The maximum Gasteiger partial charge on any atom is 0.223 e. The summed E-state index contributed by atoms with van der Waals surface area (Å²) in [5.41, 5.74) is 0. The summed E-state index contributed by atoms with van der Waals surface area (Å²) >= 11 is 0. The zero-order valence-electron chi connectivity index (χ0n) is 11.9. The summed E-state index contributed by atoms with van der Waals surface area (Å²) in [7, 11) is -3.41. The molecule has 8 nitrogen and oxygen atoms in total. The molecule has 0 aromatic carbocycles. The van der Waals surface area contributed by atoms with E-state index in [1.807, 2.05) is 0 Å². The minimum Gasteiger partial charge on any atom is -0.394 e. The van der Waals surface area contributed by atoms with Crippen molar-refractivity contribution < 1.29 is 27.8 Å². The molecule has 21 heavy (non-hydrogen) atoms. The van der Waals surface area contributed by atoms with Crippen LogP contribution in [-0.4, -0.2) is 93.1 Å². The number of hydrogen-bond acceptors (Lipinski definition) is 6. The molecule has 2 fully saturated rings. The Labute approximate surface area is 124 Å². The zero-order valence-corrected chi connectivity index (χ0v) is 12.8. The SMILES string of the molecule is O=C(CCS(=O)(=O)N1CCOCC1)N1CCOC(CO)C1. The quantitative estimate of drug-likeness (QED) is 0.645. The predicted molar refractivity (Wildman–Crippen MR) is 74.2 cm³/mol. The molecule has 0 radical (unpaired) electrons. The lowest BCUT2D eigenvalue weighted by atomic mass is 10.2. The number of aliphatic hydroxyl groups is 1. The molecular weight excluding hydrogens is 300 g/mol. The molecule has 0 bridgehead atoms. The number of rotatable bonds is 5. The molecule has 0 spiro atoms. The van der Waals surface area contributed by atoms with Gasteiger partial charge < -0.3 is 19.5 Å². The molecule has 0 saturated carbocycles. The minimum absolute atomic E-state index is 0.0438. The van der Waals surface area contributed by atoms with Crippen molar-refractivity contribution in [3.63, 3.8) is 0 Å². The third-order valence-electron chi connectivity index (χ3n) is 3.63. The monoisotopic (exact) mass is 322 g/mol. The van der Waals surface area contributed by atoms with E-state index in [1.165, 1.54) is 4.31 Å². The summed E-state index contributed by atoms with van der Waals surface area (Å²) in [6.07, 6.45) is -0.420. The van der Waals surface area contributed by atoms with E-state index in [9.17, 15) is 13.2 Å². The smallest absolute Gasteiger partial charge is 0.223 e. The third-order valence-corrected chi connectivity index (χ3v) is 5.50. The number of sulfonamides is 1. The zero-order chi connectivity index (χ0) is 15.3. The average molecular weight is 322 g/mol. The molecule has 2 aliphatic heterocycles. The van der Waals surface area contributed by atoms with E-state index in [0.29, 0.717) is 46.0 Å². The average Bonchev–Trinajstić information content (AvgIpc) is 2.53. The highest BCUT2D eigenvalue weighted by atomic mass is 32.2. The molecule has 2 heterocycles. The molecule has 1 unspecified atom stereocenters. The van der Waals surface area contributed by atoms with Crippen molar-refractivity contribution in [2.75, 3.05) is 58.4 Å². The lowest BCUT2D eigenvalue weighted by Crippen LogP contribution is -2.48. The van der Waals surface area contributed by atoms with Crippen LogP contribution in [0.5, 0.6) is 0 Å². The van der Waals surface area contributed by atoms with Crippen LogP contribution < -0.4 is 0 Å². The number of carbonyl (C=O) groups excluding carboxylic acids is 1.